The summed E-state index contributed by atoms with van der Waals surface area (Å²) in [5, 5.41) is 6.67. The molecular weight excluding hydrogens is 164 g/mol. The number of benzene rings is 1. The van der Waals surface area contributed by atoms with Gasteiger partial charge in [-0.15, -0.1) is 0 Å². The van der Waals surface area contributed by atoms with E-state index in [9.17, 15) is 0 Å². The summed E-state index contributed by atoms with van der Waals surface area (Å²) in [6.07, 6.45) is 1.74. The van der Waals surface area contributed by atoms with Crippen LogP contribution in [-0.2, 0) is 0 Å². The fourth-order valence-electron chi connectivity index (χ4n) is 1.23. The van der Waals surface area contributed by atoms with Crippen LogP contribution in [-0.4, -0.2) is 10.2 Å². The third kappa shape index (κ3) is 1.39. The fourth-order valence-corrected chi connectivity index (χ4v) is 1.23. The van der Waals surface area contributed by atoms with Crippen LogP contribution in [0.25, 0.3) is 11.1 Å². The Morgan fingerprint density at radius 2 is 2.00 bits per heavy atom. The van der Waals surface area contributed by atoms with Crippen molar-refractivity contribution < 1.29 is 0 Å². The molecule has 0 radical (unpaired) electrons. The molecule has 1 aromatic carbocycles. The van der Waals surface area contributed by atoms with Crippen LogP contribution < -0.4 is 11.3 Å². The first kappa shape index (κ1) is 7.82. The zero-order valence-electron chi connectivity index (χ0n) is 6.99. The predicted octanol–water partition coefficient (Wildman–Crippen LogP) is 1.36. The van der Waals surface area contributed by atoms with Crippen molar-refractivity contribution in [2.75, 3.05) is 5.43 Å². The maximum Gasteiger partial charge on any atom is 0.143 e. The van der Waals surface area contributed by atoms with Crippen LogP contribution in [0.2, 0.25) is 0 Å². The monoisotopic (exact) mass is 174 g/mol. The van der Waals surface area contributed by atoms with Crippen molar-refractivity contribution in [1.29, 1.82) is 0 Å². The molecule has 2 aromatic rings. The molecule has 0 spiro atoms. The summed E-state index contributed by atoms with van der Waals surface area (Å²) < 4.78 is 0. The Labute approximate surface area is 75.7 Å². The van der Waals surface area contributed by atoms with Gasteiger partial charge in [0.1, 0.15) is 5.82 Å². The van der Waals surface area contributed by atoms with E-state index in [-0.39, 0.29) is 0 Å². The van der Waals surface area contributed by atoms with Gasteiger partial charge in [-0.1, -0.05) is 30.3 Å². The highest BCUT2D eigenvalue weighted by Crippen LogP contribution is 2.24. The minimum Gasteiger partial charge on any atom is -0.308 e. The van der Waals surface area contributed by atoms with Crippen LogP contribution in [0, 0.1) is 0 Å². The highest BCUT2D eigenvalue weighted by Gasteiger charge is 2.04. The van der Waals surface area contributed by atoms with Gasteiger partial charge in [0.2, 0.25) is 0 Å². The van der Waals surface area contributed by atoms with E-state index < -0.39 is 0 Å². The molecule has 0 fully saturated rings. The van der Waals surface area contributed by atoms with E-state index in [0.717, 1.165) is 16.9 Å². The largest absolute Gasteiger partial charge is 0.308 e. The summed E-state index contributed by atoms with van der Waals surface area (Å²) in [5.74, 6) is 6.04. The quantitative estimate of drug-likeness (QED) is 0.475. The lowest BCUT2D eigenvalue weighted by atomic mass is 10.1. The Morgan fingerprint density at radius 3 is 2.69 bits per heavy atom. The van der Waals surface area contributed by atoms with Gasteiger partial charge in [0.05, 0.1) is 6.20 Å². The molecule has 13 heavy (non-hydrogen) atoms. The molecule has 0 aliphatic heterocycles. The first-order valence-electron chi connectivity index (χ1n) is 3.97. The van der Waals surface area contributed by atoms with Crippen LogP contribution in [0.5, 0.6) is 0 Å². The van der Waals surface area contributed by atoms with Gasteiger partial charge < -0.3 is 5.43 Å². The third-order valence-electron chi connectivity index (χ3n) is 1.87. The highest BCUT2D eigenvalue weighted by molar-refractivity contribution is 5.73. The second-order valence-corrected chi connectivity index (χ2v) is 2.67. The van der Waals surface area contributed by atoms with Crippen molar-refractivity contribution in [3.8, 4) is 11.1 Å². The standard InChI is InChI=1S/C9H10N4/c10-12-9-8(6-11-13-9)7-4-2-1-3-5-7/h1-6H,10H2,(H2,11,12,13). The van der Waals surface area contributed by atoms with Crippen molar-refractivity contribution in [3.63, 3.8) is 0 Å². The van der Waals surface area contributed by atoms with Crippen LogP contribution in [0.3, 0.4) is 0 Å². The molecule has 0 unspecified atom stereocenters. The number of hydrogen-bond donors (Lipinski definition) is 3. The molecule has 0 aliphatic carbocycles. The molecule has 0 saturated heterocycles. The van der Waals surface area contributed by atoms with Crippen molar-refractivity contribution in [3.05, 3.63) is 36.5 Å². The number of aromatic amines is 1. The van der Waals surface area contributed by atoms with Crippen LogP contribution >= 0.6 is 0 Å². The van der Waals surface area contributed by atoms with Gasteiger partial charge in [0.25, 0.3) is 0 Å². The summed E-state index contributed by atoms with van der Waals surface area (Å²) >= 11 is 0. The molecule has 0 aliphatic rings. The number of aromatic nitrogens is 2. The van der Waals surface area contributed by atoms with Crippen LogP contribution in [0.1, 0.15) is 0 Å². The van der Waals surface area contributed by atoms with E-state index in [2.05, 4.69) is 15.6 Å². The van der Waals surface area contributed by atoms with Gasteiger partial charge in [-0.2, -0.15) is 5.10 Å². The Bertz CT molecular complexity index is 380. The van der Waals surface area contributed by atoms with E-state index in [1.807, 2.05) is 30.3 Å². The maximum absolute atomic E-state index is 5.31. The molecule has 2 rings (SSSR count). The number of hydrogen-bond acceptors (Lipinski definition) is 3. The zero-order chi connectivity index (χ0) is 9.10. The number of nitrogens with two attached hydrogens (primary N) is 1. The number of anilines is 1. The van der Waals surface area contributed by atoms with Gasteiger partial charge in [-0.3, -0.25) is 5.10 Å². The molecule has 4 N–H and O–H groups in total. The molecule has 4 heteroatoms. The van der Waals surface area contributed by atoms with Crippen molar-refractivity contribution >= 4 is 5.82 Å². The summed E-state index contributed by atoms with van der Waals surface area (Å²) in [4.78, 5) is 0. The summed E-state index contributed by atoms with van der Waals surface area (Å²) in [7, 11) is 0. The average Bonchev–Trinajstić information content (AvgIpc) is 2.67. The first-order valence-corrected chi connectivity index (χ1v) is 3.97. The van der Waals surface area contributed by atoms with Gasteiger partial charge in [-0.05, 0) is 5.56 Å². The minimum atomic E-state index is 0.728. The second-order valence-electron chi connectivity index (χ2n) is 2.67. The topological polar surface area (TPSA) is 66.7 Å². The molecule has 0 bridgehead atoms. The molecule has 4 nitrogen and oxygen atoms in total. The number of nitrogen functional groups attached to an aromatic ring is 1. The average molecular weight is 174 g/mol. The lowest BCUT2D eigenvalue weighted by molar-refractivity contribution is 1.08. The Kier molecular flexibility index (Phi) is 1.97. The van der Waals surface area contributed by atoms with Gasteiger partial charge in [-0.25, -0.2) is 5.84 Å². The highest BCUT2D eigenvalue weighted by atomic mass is 15.3. The number of nitrogens with zero attached hydrogens (tertiary/aromatic N) is 1. The maximum atomic E-state index is 5.31. The Balaban J connectivity index is 2.47. The molecule has 0 atom stereocenters. The lowest BCUT2D eigenvalue weighted by Gasteiger charge is -2.00. The number of H-pyrrole nitrogens is 1. The van der Waals surface area contributed by atoms with Crippen molar-refractivity contribution in [2.24, 2.45) is 5.84 Å². The number of nitrogens with one attached hydrogen (secondary N) is 2. The molecule has 66 valence electrons. The van der Waals surface area contributed by atoms with E-state index in [4.69, 9.17) is 5.84 Å². The fraction of sp³-hybridized carbons (Fsp3) is 0. The third-order valence-corrected chi connectivity index (χ3v) is 1.87. The SMILES string of the molecule is NNc1[nH]ncc1-c1ccccc1. The van der Waals surface area contributed by atoms with Crippen molar-refractivity contribution in [1.82, 2.24) is 10.2 Å². The zero-order valence-corrected chi connectivity index (χ0v) is 6.99. The Morgan fingerprint density at radius 1 is 1.23 bits per heavy atom. The summed E-state index contributed by atoms with van der Waals surface area (Å²) in [5.41, 5.74) is 4.62. The van der Waals surface area contributed by atoms with Gasteiger partial charge in [0, 0.05) is 5.56 Å². The molecule has 1 heterocycles. The van der Waals surface area contributed by atoms with E-state index >= 15 is 0 Å². The van der Waals surface area contributed by atoms with Gasteiger partial charge in [0.15, 0.2) is 0 Å². The molecular formula is C9H10N4. The molecule has 0 amide bonds. The van der Waals surface area contributed by atoms with Crippen molar-refractivity contribution in [2.45, 2.75) is 0 Å². The predicted molar refractivity (Wildman–Crippen MR) is 51.8 cm³/mol. The summed E-state index contributed by atoms with van der Waals surface area (Å²) in [6.45, 7) is 0. The minimum absolute atomic E-state index is 0.728. The second kappa shape index (κ2) is 3.28. The smallest absolute Gasteiger partial charge is 0.143 e. The lowest BCUT2D eigenvalue weighted by Crippen LogP contribution is -2.07. The van der Waals surface area contributed by atoms with E-state index in [1.54, 1.807) is 6.20 Å². The number of hydrazine groups is 1. The number of rotatable bonds is 2. The molecule has 1 aromatic heterocycles. The normalized spacial score (nSPS) is 9.92. The van der Waals surface area contributed by atoms with E-state index in [1.165, 1.54) is 0 Å². The van der Waals surface area contributed by atoms with Crippen LogP contribution in [0.15, 0.2) is 36.5 Å². The molecule has 0 saturated carbocycles. The Hall–Kier alpha value is -1.81. The van der Waals surface area contributed by atoms with Gasteiger partial charge >= 0.3 is 0 Å². The van der Waals surface area contributed by atoms with E-state index in [0.29, 0.717) is 0 Å². The van der Waals surface area contributed by atoms with Crippen LogP contribution in [0.4, 0.5) is 5.82 Å². The first-order chi connectivity index (χ1) is 6.42. The summed E-state index contributed by atoms with van der Waals surface area (Å²) in [6, 6.07) is 9.93.